The molecule has 1 heterocycles. The monoisotopic (exact) mass is 325 g/mol. The van der Waals surface area contributed by atoms with Gasteiger partial charge in [0.05, 0.1) is 18.8 Å². The van der Waals surface area contributed by atoms with Gasteiger partial charge in [0.25, 0.3) is 0 Å². The van der Waals surface area contributed by atoms with Crippen LogP contribution >= 0.6 is 0 Å². The quantitative estimate of drug-likeness (QED) is 0.745. The molecule has 0 aromatic heterocycles. The number of ether oxygens (including phenoxy) is 2. The Hall–Kier alpha value is -0.160. The largest absolute Gasteiger partial charge is 0.389 e. The molecule has 0 aromatic carbocycles. The average Bonchev–Trinajstić information content (AvgIpc) is 3.44. The number of nitrogens with zero attached hydrogens (tertiary/aromatic N) is 1. The van der Waals surface area contributed by atoms with E-state index in [0.29, 0.717) is 12.6 Å². The predicted octanol–water partition coefficient (Wildman–Crippen LogP) is 2.98. The fourth-order valence-corrected chi connectivity index (χ4v) is 4.27. The van der Waals surface area contributed by atoms with Gasteiger partial charge in [0.1, 0.15) is 0 Å². The molecule has 0 bridgehead atoms. The summed E-state index contributed by atoms with van der Waals surface area (Å²) in [5, 5.41) is 10.5. The van der Waals surface area contributed by atoms with Gasteiger partial charge < -0.3 is 14.6 Å². The van der Waals surface area contributed by atoms with Gasteiger partial charge in [-0.1, -0.05) is 13.3 Å². The van der Waals surface area contributed by atoms with Gasteiger partial charge in [-0.3, -0.25) is 4.90 Å². The summed E-state index contributed by atoms with van der Waals surface area (Å²) in [6.07, 6.45) is 11.2. The zero-order valence-corrected chi connectivity index (χ0v) is 14.8. The van der Waals surface area contributed by atoms with Gasteiger partial charge in [-0.05, 0) is 57.3 Å². The van der Waals surface area contributed by atoms with E-state index in [9.17, 15) is 5.11 Å². The molecule has 23 heavy (non-hydrogen) atoms. The van der Waals surface area contributed by atoms with Gasteiger partial charge in [0, 0.05) is 31.8 Å². The lowest BCUT2D eigenvalue weighted by molar-refractivity contribution is -0.0677. The summed E-state index contributed by atoms with van der Waals surface area (Å²) in [7, 11) is 0. The van der Waals surface area contributed by atoms with Gasteiger partial charge in [-0.25, -0.2) is 0 Å². The molecule has 1 saturated heterocycles. The SMILES string of the molecule is CCC1CCC(N(CC(O)COC2CCOCC2)C2CC2)CC1. The highest BCUT2D eigenvalue weighted by Gasteiger charge is 2.36. The normalized spacial score (nSPS) is 31.4. The first-order chi connectivity index (χ1) is 11.3. The summed E-state index contributed by atoms with van der Waals surface area (Å²) in [6, 6.07) is 1.43. The number of aliphatic hydroxyl groups is 1. The summed E-state index contributed by atoms with van der Waals surface area (Å²) in [4.78, 5) is 2.61. The Kier molecular flexibility index (Phi) is 6.75. The number of aliphatic hydroxyl groups excluding tert-OH is 1. The van der Waals surface area contributed by atoms with Crippen LogP contribution in [0.1, 0.15) is 64.7 Å². The molecular weight excluding hydrogens is 290 g/mol. The second kappa shape index (κ2) is 8.80. The third-order valence-corrected chi connectivity index (χ3v) is 5.99. The Morgan fingerprint density at radius 3 is 2.17 bits per heavy atom. The highest BCUT2D eigenvalue weighted by atomic mass is 16.5. The highest BCUT2D eigenvalue weighted by molar-refractivity contribution is 4.91. The predicted molar refractivity (Wildman–Crippen MR) is 91.6 cm³/mol. The summed E-state index contributed by atoms with van der Waals surface area (Å²) in [5.41, 5.74) is 0. The van der Waals surface area contributed by atoms with Crippen LogP contribution in [0.25, 0.3) is 0 Å². The number of hydrogen-bond acceptors (Lipinski definition) is 4. The van der Waals surface area contributed by atoms with Crippen LogP contribution in [0.15, 0.2) is 0 Å². The van der Waals surface area contributed by atoms with Crippen LogP contribution in [-0.4, -0.2) is 60.7 Å². The van der Waals surface area contributed by atoms with E-state index >= 15 is 0 Å². The summed E-state index contributed by atoms with van der Waals surface area (Å²) in [5.74, 6) is 0.939. The molecule has 3 fully saturated rings. The van der Waals surface area contributed by atoms with Crippen LogP contribution in [0.2, 0.25) is 0 Å². The lowest BCUT2D eigenvalue weighted by atomic mass is 9.84. The van der Waals surface area contributed by atoms with Gasteiger partial charge in [0.2, 0.25) is 0 Å². The fourth-order valence-electron chi connectivity index (χ4n) is 4.27. The standard InChI is InChI=1S/C19H35NO3/c1-2-15-3-5-16(6-4-15)20(17-7-8-17)13-18(21)14-23-19-9-11-22-12-10-19/h15-19,21H,2-14H2,1H3. The van der Waals surface area contributed by atoms with E-state index in [4.69, 9.17) is 9.47 Å². The number of hydrogen-bond donors (Lipinski definition) is 1. The van der Waals surface area contributed by atoms with Crippen LogP contribution in [0.3, 0.4) is 0 Å². The molecule has 1 aliphatic heterocycles. The van der Waals surface area contributed by atoms with Crippen LogP contribution < -0.4 is 0 Å². The minimum atomic E-state index is -0.345. The minimum Gasteiger partial charge on any atom is -0.389 e. The van der Waals surface area contributed by atoms with Crippen LogP contribution in [-0.2, 0) is 9.47 Å². The van der Waals surface area contributed by atoms with Crippen LogP contribution in [0.5, 0.6) is 0 Å². The van der Waals surface area contributed by atoms with Gasteiger partial charge in [-0.2, -0.15) is 0 Å². The van der Waals surface area contributed by atoms with E-state index in [1.807, 2.05) is 0 Å². The van der Waals surface area contributed by atoms with E-state index in [1.54, 1.807) is 0 Å². The van der Waals surface area contributed by atoms with Gasteiger partial charge in [-0.15, -0.1) is 0 Å². The van der Waals surface area contributed by atoms with Gasteiger partial charge in [0.15, 0.2) is 0 Å². The van der Waals surface area contributed by atoms with Crippen molar-refractivity contribution in [2.75, 3.05) is 26.4 Å². The first kappa shape index (κ1) is 17.7. The first-order valence-corrected chi connectivity index (χ1v) is 9.89. The van der Waals surface area contributed by atoms with E-state index in [-0.39, 0.29) is 12.2 Å². The van der Waals surface area contributed by atoms with E-state index in [0.717, 1.165) is 44.6 Å². The second-order valence-corrected chi connectivity index (χ2v) is 7.81. The van der Waals surface area contributed by atoms with Crippen molar-refractivity contribution in [1.29, 1.82) is 0 Å². The molecule has 1 unspecified atom stereocenters. The van der Waals surface area contributed by atoms with Crippen molar-refractivity contribution in [3.8, 4) is 0 Å². The van der Waals surface area contributed by atoms with Crippen LogP contribution in [0, 0.1) is 5.92 Å². The minimum absolute atomic E-state index is 0.285. The van der Waals surface area contributed by atoms with Crippen molar-refractivity contribution in [2.24, 2.45) is 5.92 Å². The molecule has 134 valence electrons. The molecule has 0 aromatic rings. The van der Waals surface area contributed by atoms with Crippen molar-refractivity contribution in [2.45, 2.75) is 89.0 Å². The van der Waals surface area contributed by atoms with E-state index in [1.165, 1.54) is 44.9 Å². The molecule has 0 amide bonds. The molecule has 4 heteroatoms. The molecule has 1 N–H and O–H groups in total. The maximum absolute atomic E-state index is 10.5. The van der Waals surface area contributed by atoms with Crippen molar-refractivity contribution >= 4 is 0 Å². The Labute approximate surface area is 141 Å². The summed E-state index contributed by atoms with van der Waals surface area (Å²) >= 11 is 0. The van der Waals surface area contributed by atoms with Crippen molar-refractivity contribution in [3.63, 3.8) is 0 Å². The third-order valence-electron chi connectivity index (χ3n) is 5.99. The molecule has 0 radical (unpaired) electrons. The molecule has 4 nitrogen and oxygen atoms in total. The third kappa shape index (κ3) is 5.42. The zero-order valence-electron chi connectivity index (χ0n) is 14.8. The Bertz CT molecular complexity index is 334. The Balaban J connectivity index is 1.41. The topological polar surface area (TPSA) is 41.9 Å². The first-order valence-electron chi connectivity index (χ1n) is 9.89. The lowest BCUT2D eigenvalue weighted by Crippen LogP contribution is -2.45. The highest BCUT2D eigenvalue weighted by Crippen LogP contribution is 2.36. The lowest BCUT2D eigenvalue weighted by Gasteiger charge is -2.38. The zero-order chi connectivity index (χ0) is 16.1. The van der Waals surface area contributed by atoms with Gasteiger partial charge >= 0.3 is 0 Å². The molecule has 2 saturated carbocycles. The Morgan fingerprint density at radius 2 is 1.61 bits per heavy atom. The molecule has 2 aliphatic carbocycles. The van der Waals surface area contributed by atoms with Crippen molar-refractivity contribution in [3.05, 3.63) is 0 Å². The van der Waals surface area contributed by atoms with E-state index in [2.05, 4.69) is 11.8 Å². The smallest absolute Gasteiger partial charge is 0.0900 e. The van der Waals surface area contributed by atoms with Crippen LogP contribution in [0.4, 0.5) is 0 Å². The summed E-state index contributed by atoms with van der Waals surface area (Å²) in [6.45, 7) is 5.21. The van der Waals surface area contributed by atoms with Crippen molar-refractivity contribution < 1.29 is 14.6 Å². The molecule has 3 aliphatic rings. The maximum Gasteiger partial charge on any atom is 0.0900 e. The summed E-state index contributed by atoms with van der Waals surface area (Å²) < 4.78 is 11.3. The average molecular weight is 325 g/mol. The second-order valence-electron chi connectivity index (χ2n) is 7.81. The Morgan fingerprint density at radius 1 is 1.00 bits per heavy atom. The van der Waals surface area contributed by atoms with E-state index < -0.39 is 0 Å². The molecular formula is C19H35NO3. The maximum atomic E-state index is 10.5. The molecule has 1 atom stereocenters. The molecule has 0 spiro atoms. The van der Waals surface area contributed by atoms with Crippen molar-refractivity contribution in [1.82, 2.24) is 4.90 Å². The number of rotatable bonds is 8. The fraction of sp³-hybridized carbons (Fsp3) is 1.00. The molecule has 3 rings (SSSR count).